The second-order valence-electron chi connectivity index (χ2n) is 6.63. The van der Waals surface area contributed by atoms with Crippen molar-refractivity contribution < 1.29 is 14.3 Å². The molecule has 6 heteroatoms. The number of nitrogens with zero attached hydrogens (tertiary/aromatic N) is 1. The van der Waals surface area contributed by atoms with Crippen LogP contribution in [0.1, 0.15) is 11.1 Å². The van der Waals surface area contributed by atoms with Gasteiger partial charge in [0.2, 0.25) is 0 Å². The summed E-state index contributed by atoms with van der Waals surface area (Å²) < 4.78 is 12.3. The molecule has 1 fully saturated rings. The minimum atomic E-state index is 0.0805. The molecule has 0 radical (unpaired) electrons. The molecule has 0 atom stereocenters. The zero-order chi connectivity index (χ0) is 20.3. The lowest BCUT2D eigenvalue weighted by atomic mass is 9.94. The van der Waals surface area contributed by atoms with Crippen molar-refractivity contribution in [2.24, 2.45) is 0 Å². The van der Waals surface area contributed by atoms with Gasteiger partial charge in [-0.05, 0) is 86.5 Å². The van der Waals surface area contributed by atoms with Gasteiger partial charge in [0.15, 0.2) is 5.78 Å². The molecule has 2 aromatic rings. The molecule has 0 amide bonds. The first-order valence-electron chi connectivity index (χ1n) is 8.72. The molecule has 1 heterocycles. The van der Waals surface area contributed by atoms with Crippen molar-refractivity contribution >= 4 is 49.8 Å². The molecule has 0 bridgehead atoms. The van der Waals surface area contributed by atoms with Crippen LogP contribution >= 0.6 is 31.9 Å². The van der Waals surface area contributed by atoms with Crippen LogP contribution < -0.4 is 9.47 Å². The number of benzene rings is 2. The molecule has 4 nitrogen and oxygen atoms in total. The molecule has 0 unspecified atom stereocenters. The number of rotatable bonds is 4. The van der Waals surface area contributed by atoms with E-state index in [1.54, 1.807) is 14.2 Å². The zero-order valence-corrected chi connectivity index (χ0v) is 19.1. The van der Waals surface area contributed by atoms with Gasteiger partial charge in [-0.2, -0.15) is 0 Å². The van der Waals surface area contributed by atoms with Gasteiger partial charge in [0, 0.05) is 24.2 Å². The van der Waals surface area contributed by atoms with Crippen LogP contribution in [0.3, 0.4) is 0 Å². The standard InChI is InChI=1S/C22H21Br2NO3/c1-25-12-16(8-14-4-6-20(27-2)18(23)10-14)22(26)17(13-25)9-15-5-7-21(28-3)19(24)11-15/h4-11H,12-13H2,1-3H3/b16-8+,17-9+. The Bertz CT molecular complexity index is 891. The van der Waals surface area contributed by atoms with E-state index in [1.807, 2.05) is 55.6 Å². The van der Waals surface area contributed by atoms with E-state index in [4.69, 9.17) is 9.47 Å². The number of likely N-dealkylation sites (tertiary alicyclic amines) is 1. The van der Waals surface area contributed by atoms with E-state index < -0.39 is 0 Å². The van der Waals surface area contributed by atoms with Gasteiger partial charge in [0.05, 0.1) is 23.2 Å². The van der Waals surface area contributed by atoms with Crippen molar-refractivity contribution in [1.82, 2.24) is 4.90 Å². The Morgan fingerprint density at radius 1 is 0.857 bits per heavy atom. The van der Waals surface area contributed by atoms with Gasteiger partial charge < -0.3 is 9.47 Å². The molecule has 0 saturated carbocycles. The molecule has 1 aliphatic heterocycles. The van der Waals surface area contributed by atoms with Crippen molar-refractivity contribution in [1.29, 1.82) is 0 Å². The maximum Gasteiger partial charge on any atom is 0.187 e. The monoisotopic (exact) mass is 505 g/mol. The number of hydrogen-bond acceptors (Lipinski definition) is 4. The van der Waals surface area contributed by atoms with E-state index in [0.717, 1.165) is 42.7 Å². The van der Waals surface area contributed by atoms with Gasteiger partial charge in [-0.15, -0.1) is 0 Å². The molecule has 3 rings (SSSR count). The number of halogens is 2. The van der Waals surface area contributed by atoms with Crippen molar-refractivity contribution in [3.63, 3.8) is 0 Å². The highest BCUT2D eigenvalue weighted by molar-refractivity contribution is 9.10. The third kappa shape index (κ3) is 4.74. The van der Waals surface area contributed by atoms with Crippen molar-refractivity contribution in [3.8, 4) is 11.5 Å². The maximum atomic E-state index is 13.1. The lowest BCUT2D eigenvalue weighted by molar-refractivity contribution is -0.113. The average Bonchev–Trinajstić information content (AvgIpc) is 2.66. The number of carbonyl (C=O) groups excluding carboxylic acids is 1. The van der Waals surface area contributed by atoms with Gasteiger partial charge in [-0.3, -0.25) is 9.69 Å². The van der Waals surface area contributed by atoms with E-state index >= 15 is 0 Å². The summed E-state index contributed by atoms with van der Waals surface area (Å²) in [5.41, 5.74) is 3.45. The number of Topliss-reactive ketones (excluding diaryl/α,β-unsaturated/α-hetero) is 1. The predicted molar refractivity (Wildman–Crippen MR) is 120 cm³/mol. The summed E-state index contributed by atoms with van der Waals surface area (Å²) in [4.78, 5) is 15.2. The number of ketones is 1. The van der Waals surface area contributed by atoms with E-state index in [2.05, 4.69) is 36.8 Å². The summed E-state index contributed by atoms with van der Waals surface area (Å²) in [6, 6.07) is 11.6. The Labute approximate surface area is 182 Å². The summed E-state index contributed by atoms with van der Waals surface area (Å²) in [6.07, 6.45) is 3.89. The summed E-state index contributed by atoms with van der Waals surface area (Å²) in [6.45, 7) is 1.23. The predicted octanol–water partition coefficient (Wildman–Crippen LogP) is 5.21. The quantitative estimate of drug-likeness (QED) is 0.533. The molecule has 0 aliphatic carbocycles. The normalized spacial score (nSPS) is 18.0. The van der Waals surface area contributed by atoms with Crippen LogP contribution in [0.2, 0.25) is 0 Å². The molecule has 1 aliphatic rings. The Morgan fingerprint density at radius 2 is 1.29 bits per heavy atom. The first-order chi connectivity index (χ1) is 13.4. The zero-order valence-electron chi connectivity index (χ0n) is 16.0. The van der Waals surface area contributed by atoms with E-state index in [9.17, 15) is 4.79 Å². The van der Waals surface area contributed by atoms with Crippen molar-refractivity contribution in [3.05, 3.63) is 67.6 Å². The van der Waals surface area contributed by atoms with Crippen LogP contribution in [0.25, 0.3) is 12.2 Å². The van der Waals surface area contributed by atoms with Crippen LogP contribution in [0.5, 0.6) is 11.5 Å². The molecular formula is C22H21Br2NO3. The fourth-order valence-electron chi connectivity index (χ4n) is 3.16. The first kappa shape index (κ1) is 20.8. The van der Waals surface area contributed by atoms with Crippen molar-refractivity contribution in [2.45, 2.75) is 0 Å². The third-order valence-electron chi connectivity index (χ3n) is 4.50. The minimum Gasteiger partial charge on any atom is -0.496 e. The van der Waals surface area contributed by atoms with Gasteiger partial charge in [-0.1, -0.05) is 12.1 Å². The fraction of sp³-hybridized carbons (Fsp3) is 0.227. The van der Waals surface area contributed by atoms with Gasteiger partial charge >= 0.3 is 0 Å². The second-order valence-corrected chi connectivity index (χ2v) is 8.34. The minimum absolute atomic E-state index is 0.0805. The maximum absolute atomic E-state index is 13.1. The van der Waals surface area contributed by atoms with E-state index in [1.165, 1.54) is 0 Å². The van der Waals surface area contributed by atoms with Crippen molar-refractivity contribution in [2.75, 3.05) is 34.4 Å². The Hall–Kier alpha value is -1.89. The number of carbonyl (C=O) groups is 1. The number of ether oxygens (including phenoxy) is 2. The van der Waals surface area contributed by atoms with Crippen LogP contribution in [-0.2, 0) is 4.79 Å². The molecule has 0 aromatic heterocycles. The van der Waals surface area contributed by atoms with Gasteiger partial charge in [0.1, 0.15) is 11.5 Å². The average molecular weight is 507 g/mol. The summed E-state index contributed by atoms with van der Waals surface area (Å²) >= 11 is 7.00. The lowest BCUT2D eigenvalue weighted by Crippen LogP contribution is -2.34. The molecule has 146 valence electrons. The Balaban J connectivity index is 1.92. The third-order valence-corrected chi connectivity index (χ3v) is 5.74. The van der Waals surface area contributed by atoms with Crippen LogP contribution in [0.4, 0.5) is 0 Å². The smallest absolute Gasteiger partial charge is 0.187 e. The lowest BCUT2D eigenvalue weighted by Gasteiger charge is -2.26. The molecule has 0 N–H and O–H groups in total. The molecule has 2 aromatic carbocycles. The highest BCUT2D eigenvalue weighted by Gasteiger charge is 2.24. The summed E-state index contributed by atoms with van der Waals surface area (Å²) in [5, 5.41) is 0. The molecule has 1 saturated heterocycles. The second kappa shape index (κ2) is 9.07. The number of likely N-dealkylation sites (N-methyl/N-ethyl adjacent to an activating group) is 1. The topological polar surface area (TPSA) is 38.8 Å². The van der Waals surface area contributed by atoms with Crippen LogP contribution in [0, 0.1) is 0 Å². The molecule has 0 spiro atoms. The number of hydrogen-bond donors (Lipinski definition) is 0. The summed E-state index contributed by atoms with van der Waals surface area (Å²) in [5.74, 6) is 1.61. The van der Waals surface area contributed by atoms with Gasteiger partial charge in [-0.25, -0.2) is 0 Å². The van der Waals surface area contributed by atoms with Gasteiger partial charge in [0.25, 0.3) is 0 Å². The summed E-state index contributed by atoms with van der Waals surface area (Å²) in [7, 11) is 5.28. The van der Waals surface area contributed by atoms with Crippen LogP contribution in [0.15, 0.2) is 56.5 Å². The molecule has 28 heavy (non-hydrogen) atoms. The largest absolute Gasteiger partial charge is 0.496 e. The number of methoxy groups -OCH3 is 2. The Morgan fingerprint density at radius 3 is 1.64 bits per heavy atom. The number of piperidine rings is 1. The SMILES string of the molecule is COc1ccc(/C=C2\CN(C)C/C(=C\c3ccc(OC)c(Br)c3)C2=O)cc1Br. The molecular weight excluding hydrogens is 486 g/mol. The first-order valence-corrected chi connectivity index (χ1v) is 10.3. The highest BCUT2D eigenvalue weighted by atomic mass is 79.9. The van der Waals surface area contributed by atoms with E-state index in [0.29, 0.717) is 13.1 Å². The van der Waals surface area contributed by atoms with E-state index in [-0.39, 0.29) is 5.78 Å². The highest BCUT2D eigenvalue weighted by Crippen LogP contribution is 2.29. The Kier molecular flexibility index (Phi) is 6.75. The fourth-order valence-corrected chi connectivity index (χ4v) is 4.27. The van der Waals surface area contributed by atoms with Crippen LogP contribution in [-0.4, -0.2) is 45.0 Å².